The summed E-state index contributed by atoms with van der Waals surface area (Å²) in [7, 11) is 3.83. The van der Waals surface area contributed by atoms with Crippen LogP contribution in [0.2, 0.25) is 0 Å². The second-order valence-corrected chi connectivity index (χ2v) is 8.52. The van der Waals surface area contributed by atoms with Gasteiger partial charge in [-0.25, -0.2) is 8.78 Å². The molecule has 1 aliphatic rings. The molecule has 0 atom stereocenters. The molecule has 2 N–H and O–H groups in total. The Balaban J connectivity index is 1.55. The Labute approximate surface area is 179 Å². The van der Waals surface area contributed by atoms with Crippen molar-refractivity contribution in [1.29, 1.82) is 0 Å². The Hall–Kier alpha value is -3.26. The van der Waals surface area contributed by atoms with Crippen LogP contribution in [0.5, 0.6) is 0 Å². The van der Waals surface area contributed by atoms with Crippen molar-refractivity contribution in [2.24, 2.45) is 0 Å². The van der Waals surface area contributed by atoms with Crippen LogP contribution in [0.4, 0.5) is 20.3 Å². The summed E-state index contributed by atoms with van der Waals surface area (Å²) in [6.45, 7) is 4.88. The Kier molecular flexibility index (Phi) is 5.26. The van der Waals surface area contributed by atoms with Crippen molar-refractivity contribution in [3.05, 3.63) is 76.5 Å². The van der Waals surface area contributed by atoms with Gasteiger partial charge in [-0.05, 0) is 49.7 Å². The van der Waals surface area contributed by atoms with Crippen molar-refractivity contribution in [2.45, 2.75) is 32.5 Å². The number of aromatic amines is 1. The highest BCUT2D eigenvalue weighted by atomic mass is 19.1. The lowest BCUT2D eigenvalue weighted by atomic mass is 10.00. The van der Waals surface area contributed by atoms with Crippen LogP contribution in [0.25, 0.3) is 0 Å². The zero-order valence-corrected chi connectivity index (χ0v) is 18.0. The maximum atomic E-state index is 13.6. The number of anilines is 2. The SMILES string of the molecule is CN(C)c1cccc(C(=O)Nc2n[nH]c3c2CN(Cc2cc(F)cc(F)c2)C3(C)C)c1. The number of hydrogen-bond acceptors (Lipinski definition) is 4. The van der Waals surface area contributed by atoms with Crippen molar-refractivity contribution in [2.75, 3.05) is 24.3 Å². The molecule has 0 saturated carbocycles. The van der Waals surface area contributed by atoms with Gasteiger partial charge >= 0.3 is 0 Å². The van der Waals surface area contributed by atoms with Gasteiger partial charge in [-0.3, -0.25) is 14.8 Å². The van der Waals surface area contributed by atoms with E-state index in [1.54, 1.807) is 6.07 Å². The third kappa shape index (κ3) is 4.03. The van der Waals surface area contributed by atoms with E-state index in [0.29, 0.717) is 30.0 Å². The van der Waals surface area contributed by atoms with Crippen LogP contribution in [0, 0.1) is 11.6 Å². The van der Waals surface area contributed by atoms with Gasteiger partial charge < -0.3 is 10.2 Å². The predicted octanol–water partition coefficient (Wildman–Crippen LogP) is 4.26. The maximum absolute atomic E-state index is 13.6. The summed E-state index contributed by atoms with van der Waals surface area (Å²) in [5.41, 5.74) is 3.32. The Morgan fingerprint density at radius 3 is 2.58 bits per heavy atom. The fourth-order valence-electron chi connectivity index (χ4n) is 3.96. The van der Waals surface area contributed by atoms with E-state index in [9.17, 15) is 13.6 Å². The van der Waals surface area contributed by atoms with E-state index >= 15 is 0 Å². The number of hydrogen-bond donors (Lipinski definition) is 2. The van der Waals surface area contributed by atoms with Crippen LogP contribution in [0.15, 0.2) is 42.5 Å². The first-order chi connectivity index (χ1) is 14.6. The van der Waals surface area contributed by atoms with Gasteiger partial charge in [0.2, 0.25) is 0 Å². The minimum absolute atomic E-state index is 0.249. The molecule has 31 heavy (non-hydrogen) atoms. The highest BCUT2D eigenvalue weighted by Gasteiger charge is 2.41. The molecule has 8 heteroatoms. The second-order valence-electron chi connectivity index (χ2n) is 8.52. The summed E-state index contributed by atoms with van der Waals surface area (Å²) in [6.07, 6.45) is 0. The number of amides is 1. The molecule has 1 aromatic heterocycles. The molecule has 0 aliphatic carbocycles. The van der Waals surface area contributed by atoms with E-state index in [-0.39, 0.29) is 5.91 Å². The lowest BCUT2D eigenvalue weighted by Crippen LogP contribution is -2.35. The standard InChI is InChI=1S/C23H25F2N5O/c1-23(2)20-19(13-30(23)12-14-8-16(24)11-17(25)9-14)21(28-27-20)26-22(31)15-6-5-7-18(10-15)29(3)4/h5-11H,12-13H2,1-4H3,(H2,26,27,28,31). The molecule has 6 nitrogen and oxygen atoms in total. The second kappa shape index (κ2) is 7.77. The van der Waals surface area contributed by atoms with Crippen molar-refractivity contribution < 1.29 is 13.6 Å². The number of fused-ring (bicyclic) bond motifs is 1. The molecule has 1 amide bonds. The summed E-state index contributed by atoms with van der Waals surface area (Å²) >= 11 is 0. The van der Waals surface area contributed by atoms with Gasteiger partial charge in [0, 0.05) is 50.1 Å². The largest absolute Gasteiger partial charge is 0.378 e. The lowest BCUT2D eigenvalue weighted by molar-refractivity contribution is 0.102. The summed E-state index contributed by atoms with van der Waals surface area (Å²) in [5.74, 6) is -0.974. The first-order valence-corrected chi connectivity index (χ1v) is 10.0. The summed E-state index contributed by atoms with van der Waals surface area (Å²) in [6, 6.07) is 10.9. The number of carbonyl (C=O) groups excluding carboxylic acids is 1. The summed E-state index contributed by atoms with van der Waals surface area (Å²) in [5, 5.41) is 10.2. The molecular formula is C23H25F2N5O. The molecule has 162 valence electrons. The summed E-state index contributed by atoms with van der Waals surface area (Å²) < 4.78 is 27.2. The summed E-state index contributed by atoms with van der Waals surface area (Å²) in [4.78, 5) is 16.8. The normalized spacial score (nSPS) is 15.0. The first-order valence-electron chi connectivity index (χ1n) is 10.0. The fourth-order valence-corrected chi connectivity index (χ4v) is 3.96. The van der Waals surface area contributed by atoms with E-state index in [1.165, 1.54) is 12.1 Å². The number of nitrogens with one attached hydrogen (secondary N) is 2. The van der Waals surface area contributed by atoms with Gasteiger partial charge in [0.15, 0.2) is 5.82 Å². The molecule has 0 bridgehead atoms. The third-order valence-corrected chi connectivity index (χ3v) is 5.77. The van der Waals surface area contributed by atoms with Crippen LogP contribution < -0.4 is 10.2 Å². The number of nitrogens with zero attached hydrogens (tertiary/aromatic N) is 3. The number of benzene rings is 2. The van der Waals surface area contributed by atoms with E-state index in [1.807, 2.05) is 51.0 Å². The molecule has 0 unspecified atom stereocenters. The van der Waals surface area contributed by atoms with Gasteiger partial charge in [0.25, 0.3) is 5.91 Å². The molecule has 0 saturated heterocycles. The highest BCUT2D eigenvalue weighted by molar-refractivity contribution is 6.04. The predicted molar refractivity (Wildman–Crippen MR) is 116 cm³/mol. The smallest absolute Gasteiger partial charge is 0.256 e. The minimum Gasteiger partial charge on any atom is -0.378 e. The highest BCUT2D eigenvalue weighted by Crippen LogP contribution is 2.41. The molecular weight excluding hydrogens is 400 g/mol. The Morgan fingerprint density at radius 2 is 1.90 bits per heavy atom. The van der Waals surface area contributed by atoms with E-state index < -0.39 is 17.2 Å². The quantitative estimate of drug-likeness (QED) is 0.641. The van der Waals surface area contributed by atoms with Gasteiger partial charge in [-0.2, -0.15) is 5.10 Å². The number of aromatic nitrogens is 2. The fraction of sp³-hybridized carbons (Fsp3) is 0.304. The molecule has 0 fully saturated rings. The van der Waals surface area contributed by atoms with Crippen LogP contribution >= 0.6 is 0 Å². The minimum atomic E-state index is -0.597. The Bertz CT molecular complexity index is 1120. The van der Waals surface area contributed by atoms with Crippen LogP contribution in [-0.4, -0.2) is 35.1 Å². The van der Waals surface area contributed by atoms with Gasteiger partial charge in [0.05, 0.1) is 11.2 Å². The van der Waals surface area contributed by atoms with E-state index in [0.717, 1.165) is 23.0 Å². The molecule has 1 aliphatic heterocycles. The average Bonchev–Trinajstić information content (AvgIpc) is 3.20. The molecule has 2 aromatic carbocycles. The van der Waals surface area contributed by atoms with Crippen molar-refractivity contribution in [3.63, 3.8) is 0 Å². The molecule has 4 rings (SSSR count). The van der Waals surface area contributed by atoms with Crippen LogP contribution in [0.3, 0.4) is 0 Å². The topological polar surface area (TPSA) is 64.3 Å². The monoisotopic (exact) mass is 425 g/mol. The first kappa shape index (κ1) is 21.0. The zero-order valence-electron chi connectivity index (χ0n) is 18.0. The van der Waals surface area contributed by atoms with E-state index in [4.69, 9.17) is 0 Å². The molecule has 0 spiro atoms. The van der Waals surface area contributed by atoms with Crippen LogP contribution in [-0.2, 0) is 18.6 Å². The van der Waals surface area contributed by atoms with Crippen molar-refractivity contribution in [1.82, 2.24) is 15.1 Å². The number of H-pyrrole nitrogens is 1. The lowest BCUT2D eigenvalue weighted by Gasteiger charge is -2.31. The van der Waals surface area contributed by atoms with E-state index in [2.05, 4.69) is 20.4 Å². The third-order valence-electron chi connectivity index (χ3n) is 5.77. The zero-order chi connectivity index (χ0) is 22.3. The van der Waals surface area contributed by atoms with Crippen molar-refractivity contribution in [3.8, 4) is 0 Å². The molecule has 2 heterocycles. The van der Waals surface area contributed by atoms with Gasteiger partial charge in [-0.1, -0.05) is 6.07 Å². The van der Waals surface area contributed by atoms with Crippen molar-refractivity contribution >= 4 is 17.4 Å². The number of carbonyl (C=O) groups is 1. The van der Waals surface area contributed by atoms with Crippen LogP contribution in [0.1, 0.15) is 41.0 Å². The number of rotatable bonds is 5. The van der Waals surface area contributed by atoms with Gasteiger partial charge in [0.1, 0.15) is 11.6 Å². The molecule has 3 aromatic rings. The van der Waals surface area contributed by atoms with Gasteiger partial charge in [-0.15, -0.1) is 0 Å². The molecule has 0 radical (unpaired) electrons. The average molecular weight is 425 g/mol. The maximum Gasteiger partial charge on any atom is 0.256 e. The number of halogens is 2. The Morgan fingerprint density at radius 1 is 1.19 bits per heavy atom.